The van der Waals surface area contributed by atoms with Gasteiger partial charge in [0.25, 0.3) is 0 Å². The highest BCUT2D eigenvalue weighted by Crippen LogP contribution is 2.71. The van der Waals surface area contributed by atoms with Crippen LogP contribution in [0.4, 0.5) is 0 Å². The third-order valence-corrected chi connectivity index (χ3v) is 6.64. The Morgan fingerprint density at radius 3 is 2.06 bits per heavy atom. The van der Waals surface area contributed by atoms with Crippen LogP contribution in [-0.4, -0.2) is 5.54 Å². The maximum Gasteiger partial charge on any atom is 0.0156 e. The molecule has 4 aliphatic rings. The minimum Gasteiger partial charge on any atom is -0.325 e. The fraction of sp³-hybridized carbons (Fsp3) is 1.00. The van der Waals surface area contributed by atoms with Gasteiger partial charge in [0.05, 0.1) is 0 Å². The second-order valence-corrected chi connectivity index (χ2v) is 7.92. The number of rotatable bonds is 2. The summed E-state index contributed by atoms with van der Waals surface area (Å²) in [6.45, 7) is 9.52. The van der Waals surface area contributed by atoms with E-state index in [1.54, 1.807) is 0 Å². The van der Waals surface area contributed by atoms with Crippen LogP contribution in [-0.2, 0) is 0 Å². The predicted octanol–water partition coefficient (Wildman–Crippen LogP) is 3.58. The molecule has 0 aromatic heterocycles. The molecule has 3 unspecified atom stereocenters. The van der Waals surface area contributed by atoms with Crippen LogP contribution in [0.2, 0.25) is 0 Å². The Morgan fingerprint density at radius 2 is 1.69 bits per heavy atom. The van der Waals surface area contributed by atoms with E-state index in [4.69, 9.17) is 5.73 Å². The molecule has 4 fully saturated rings. The molecule has 1 nitrogen and oxygen atoms in total. The van der Waals surface area contributed by atoms with E-state index in [1.165, 1.54) is 32.1 Å². The summed E-state index contributed by atoms with van der Waals surface area (Å²) < 4.78 is 0. The van der Waals surface area contributed by atoms with E-state index in [1.807, 2.05) is 0 Å². The molecule has 4 saturated carbocycles. The molecular weight excluding hydrogens is 194 g/mol. The van der Waals surface area contributed by atoms with Crippen LogP contribution >= 0.6 is 0 Å². The molecule has 0 amide bonds. The molecule has 0 radical (unpaired) electrons. The molecule has 2 N–H and O–H groups in total. The van der Waals surface area contributed by atoms with Crippen molar-refractivity contribution >= 4 is 0 Å². The van der Waals surface area contributed by atoms with E-state index in [2.05, 4.69) is 27.7 Å². The van der Waals surface area contributed by atoms with Gasteiger partial charge in [0.15, 0.2) is 0 Å². The first-order chi connectivity index (χ1) is 7.29. The topological polar surface area (TPSA) is 26.0 Å². The fourth-order valence-electron chi connectivity index (χ4n) is 5.10. The van der Waals surface area contributed by atoms with Crippen molar-refractivity contribution in [3.8, 4) is 0 Å². The van der Waals surface area contributed by atoms with E-state index in [-0.39, 0.29) is 5.54 Å². The second-order valence-electron chi connectivity index (χ2n) is 7.92. The molecular formula is C15H27N. The molecule has 0 aromatic carbocycles. The van der Waals surface area contributed by atoms with E-state index in [0.717, 1.165) is 17.8 Å². The summed E-state index contributed by atoms with van der Waals surface area (Å²) in [5, 5.41) is 0. The molecule has 16 heavy (non-hydrogen) atoms. The zero-order valence-corrected chi connectivity index (χ0v) is 11.3. The molecule has 92 valence electrons. The number of hydrogen-bond donors (Lipinski definition) is 1. The van der Waals surface area contributed by atoms with Crippen molar-refractivity contribution in [3.05, 3.63) is 0 Å². The summed E-state index contributed by atoms with van der Waals surface area (Å²) in [5.74, 6) is 2.91. The lowest BCUT2D eigenvalue weighted by atomic mass is 9.42. The molecule has 2 bridgehead atoms. The van der Waals surface area contributed by atoms with Crippen molar-refractivity contribution in [2.45, 2.75) is 65.3 Å². The van der Waals surface area contributed by atoms with Gasteiger partial charge in [-0.1, -0.05) is 13.8 Å². The van der Waals surface area contributed by atoms with Crippen LogP contribution < -0.4 is 5.73 Å². The average Bonchev–Trinajstić information content (AvgIpc) is 2.97. The van der Waals surface area contributed by atoms with Crippen LogP contribution in [0.25, 0.3) is 0 Å². The second kappa shape index (κ2) is 2.85. The first kappa shape index (κ1) is 11.1. The average molecular weight is 221 g/mol. The molecule has 0 aromatic rings. The lowest BCUT2D eigenvalue weighted by molar-refractivity contribution is -0.134. The molecule has 3 atom stereocenters. The zero-order chi connectivity index (χ0) is 11.8. The predicted molar refractivity (Wildman–Crippen MR) is 68.0 cm³/mol. The highest BCUT2D eigenvalue weighted by Gasteiger charge is 2.65. The summed E-state index contributed by atoms with van der Waals surface area (Å²) in [6.07, 6.45) is 7.19. The third kappa shape index (κ3) is 1.16. The smallest absolute Gasteiger partial charge is 0.0156 e. The standard InChI is InChI=1S/C15H27N/c1-13(2)10-5-6-11(12(13)9-10)15(7-8-15)14(3,4)16/h10-12H,5-9,16H2,1-4H3. The Morgan fingerprint density at radius 1 is 1.06 bits per heavy atom. The van der Waals surface area contributed by atoms with E-state index < -0.39 is 0 Å². The molecule has 0 heterocycles. The number of hydrogen-bond acceptors (Lipinski definition) is 1. The molecule has 0 spiro atoms. The first-order valence-corrected chi connectivity index (χ1v) is 7.08. The van der Waals surface area contributed by atoms with Crippen LogP contribution in [0.5, 0.6) is 0 Å². The Bertz CT molecular complexity index is 301. The lowest BCUT2D eigenvalue weighted by Crippen LogP contribution is -2.58. The fourth-order valence-corrected chi connectivity index (χ4v) is 5.10. The van der Waals surface area contributed by atoms with Crippen LogP contribution in [0.15, 0.2) is 0 Å². The minimum absolute atomic E-state index is 0.0379. The maximum absolute atomic E-state index is 6.47. The van der Waals surface area contributed by atoms with Gasteiger partial charge in [-0.15, -0.1) is 0 Å². The van der Waals surface area contributed by atoms with Crippen molar-refractivity contribution in [2.24, 2.45) is 34.3 Å². The monoisotopic (exact) mass is 221 g/mol. The molecule has 1 heteroatoms. The molecule has 4 rings (SSSR count). The highest BCUT2D eigenvalue weighted by molar-refractivity contribution is 5.17. The van der Waals surface area contributed by atoms with Crippen LogP contribution in [0.1, 0.15) is 59.8 Å². The van der Waals surface area contributed by atoms with Gasteiger partial charge < -0.3 is 5.73 Å². The van der Waals surface area contributed by atoms with Crippen LogP contribution in [0, 0.1) is 28.6 Å². The Hall–Kier alpha value is -0.0400. The van der Waals surface area contributed by atoms with E-state index in [9.17, 15) is 0 Å². The Labute approximate surface area is 100 Å². The van der Waals surface area contributed by atoms with Gasteiger partial charge in [-0.3, -0.25) is 0 Å². The largest absolute Gasteiger partial charge is 0.325 e. The third-order valence-electron chi connectivity index (χ3n) is 6.64. The summed E-state index contributed by atoms with van der Waals surface area (Å²) in [5.41, 5.74) is 7.63. The molecule has 4 aliphatic carbocycles. The van der Waals surface area contributed by atoms with Crippen molar-refractivity contribution in [2.75, 3.05) is 0 Å². The first-order valence-electron chi connectivity index (χ1n) is 7.08. The van der Waals surface area contributed by atoms with Gasteiger partial charge in [-0.25, -0.2) is 0 Å². The Kier molecular flexibility index (Phi) is 1.98. The van der Waals surface area contributed by atoms with Gasteiger partial charge in [0.1, 0.15) is 0 Å². The zero-order valence-electron chi connectivity index (χ0n) is 11.3. The van der Waals surface area contributed by atoms with Crippen molar-refractivity contribution < 1.29 is 0 Å². The summed E-state index contributed by atoms with van der Waals surface area (Å²) in [7, 11) is 0. The number of nitrogens with two attached hydrogens (primary N) is 1. The van der Waals surface area contributed by atoms with Gasteiger partial charge in [-0.2, -0.15) is 0 Å². The molecule has 0 aliphatic heterocycles. The van der Waals surface area contributed by atoms with Crippen molar-refractivity contribution in [3.63, 3.8) is 0 Å². The molecule has 0 saturated heterocycles. The normalized spacial score (nSPS) is 43.7. The lowest BCUT2D eigenvalue weighted by Gasteiger charge is -2.63. The summed E-state index contributed by atoms with van der Waals surface area (Å²) >= 11 is 0. The van der Waals surface area contributed by atoms with Crippen molar-refractivity contribution in [1.29, 1.82) is 0 Å². The highest BCUT2D eigenvalue weighted by atomic mass is 14.8. The van der Waals surface area contributed by atoms with Crippen molar-refractivity contribution in [1.82, 2.24) is 0 Å². The van der Waals surface area contributed by atoms with E-state index in [0.29, 0.717) is 10.8 Å². The minimum atomic E-state index is 0.0379. The SMILES string of the molecule is CC1(C)C2CCC(C3(C(C)(C)N)CC3)C1C2. The Balaban J connectivity index is 1.87. The van der Waals surface area contributed by atoms with Gasteiger partial charge in [0.2, 0.25) is 0 Å². The number of fused-ring (bicyclic) bond motifs is 2. The summed E-state index contributed by atoms with van der Waals surface area (Å²) in [4.78, 5) is 0. The van der Waals surface area contributed by atoms with Gasteiger partial charge in [-0.05, 0) is 74.5 Å². The quantitative estimate of drug-likeness (QED) is 0.758. The summed E-state index contributed by atoms with van der Waals surface area (Å²) in [6, 6.07) is 0. The van der Waals surface area contributed by atoms with E-state index >= 15 is 0 Å². The van der Waals surface area contributed by atoms with Gasteiger partial charge >= 0.3 is 0 Å². The van der Waals surface area contributed by atoms with Gasteiger partial charge in [0, 0.05) is 5.54 Å². The van der Waals surface area contributed by atoms with Crippen LogP contribution in [0.3, 0.4) is 0 Å². The maximum atomic E-state index is 6.47.